The number of benzene rings is 2. The zero-order valence-electron chi connectivity index (χ0n) is 18.5. The van der Waals surface area contributed by atoms with Crippen LogP contribution in [0.4, 0.5) is 0 Å². The lowest BCUT2D eigenvalue weighted by atomic mass is 9.57. The summed E-state index contributed by atoms with van der Waals surface area (Å²) in [5.41, 5.74) is 6.96. The summed E-state index contributed by atoms with van der Waals surface area (Å²) in [5.74, 6) is 2.06. The first-order chi connectivity index (χ1) is 16.3. The summed E-state index contributed by atoms with van der Waals surface area (Å²) in [6, 6.07) is 20.3. The van der Waals surface area contributed by atoms with Crippen LogP contribution in [-0.2, 0) is 10.2 Å². The van der Waals surface area contributed by atoms with Gasteiger partial charge in [-0.2, -0.15) is 0 Å². The monoisotopic (exact) mass is 450 g/mol. The molecule has 2 heteroatoms. The van der Waals surface area contributed by atoms with E-state index in [-0.39, 0.29) is 22.8 Å². The first-order valence-corrected chi connectivity index (χ1v) is 12.6. The number of halogens is 1. The van der Waals surface area contributed by atoms with Crippen molar-refractivity contribution in [3.63, 3.8) is 0 Å². The Morgan fingerprint density at radius 3 is 2.67 bits per heavy atom. The highest BCUT2D eigenvalue weighted by Crippen LogP contribution is 2.63. The van der Waals surface area contributed by atoms with Gasteiger partial charge in [0.1, 0.15) is 11.9 Å². The maximum Gasteiger partial charge on any atom is 0.119 e. The molecule has 0 N–H and O–H groups in total. The quantitative estimate of drug-likeness (QED) is 0.343. The average molecular weight is 451 g/mol. The van der Waals surface area contributed by atoms with Crippen molar-refractivity contribution in [3.05, 3.63) is 131 Å². The fourth-order valence-corrected chi connectivity index (χ4v) is 7.47. The molecular formula is C31H27ClO. The van der Waals surface area contributed by atoms with E-state index in [1.807, 2.05) is 0 Å². The molecule has 5 aliphatic rings. The van der Waals surface area contributed by atoms with Crippen LogP contribution in [0.3, 0.4) is 0 Å². The molecule has 164 valence electrons. The van der Waals surface area contributed by atoms with E-state index >= 15 is 0 Å². The van der Waals surface area contributed by atoms with Gasteiger partial charge in [-0.05, 0) is 47.6 Å². The lowest BCUT2D eigenvalue weighted by molar-refractivity contribution is 0.0550. The third kappa shape index (κ3) is 2.66. The molecule has 0 spiro atoms. The normalized spacial score (nSPS) is 35.4. The minimum atomic E-state index is -0.198. The molecule has 0 radical (unpaired) electrons. The van der Waals surface area contributed by atoms with Crippen LogP contribution in [-0.4, -0.2) is 11.5 Å². The van der Waals surface area contributed by atoms with Crippen molar-refractivity contribution in [1.82, 2.24) is 0 Å². The van der Waals surface area contributed by atoms with E-state index in [0.717, 1.165) is 25.0 Å². The molecule has 7 rings (SSSR count). The predicted molar refractivity (Wildman–Crippen MR) is 134 cm³/mol. The topological polar surface area (TPSA) is 9.23 Å². The van der Waals surface area contributed by atoms with E-state index in [1.165, 1.54) is 27.8 Å². The van der Waals surface area contributed by atoms with Crippen LogP contribution in [0.2, 0.25) is 0 Å². The summed E-state index contributed by atoms with van der Waals surface area (Å²) >= 11 is 6.54. The molecule has 0 saturated carbocycles. The zero-order chi connectivity index (χ0) is 22.0. The van der Waals surface area contributed by atoms with Crippen LogP contribution in [0.5, 0.6) is 0 Å². The molecule has 1 heterocycles. The summed E-state index contributed by atoms with van der Waals surface area (Å²) in [6.45, 7) is 0. The molecule has 2 aromatic rings. The fourth-order valence-electron chi connectivity index (χ4n) is 7.24. The number of hydrogen-bond acceptors (Lipinski definition) is 1. The van der Waals surface area contributed by atoms with Crippen molar-refractivity contribution in [1.29, 1.82) is 0 Å². The Hall–Kier alpha value is -2.77. The first-order valence-electron chi connectivity index (χ1n) is 12.2. The van der Waals surface area contributed by atoms with Crippen molar-refractivity contribution in [3.8, 4) is 0 Å². The van der Waals surface area contributed by atoms with Crippen LogP contribution in [0.25, 0.3) is 0 Å². The third-order valence-electron chi connectivity index (χ3n) is 8.44. The van der Waals surface area contributed by atoms with Gasteiger partial charge in [-0.15, -0.1) is 11.6 Å². The van der Waals surface area contributed by atoms with Crippen LogP contribution in [0, 0.1) is 11.8 Å². The molecule has 4 aliphatic carbocycles. The second-order valence-electron chi connectivity index (χ2n) is 9.92. The number of allylic oxidation sites excluding steroid dienone is 8. The van der Waals surface area contributed by atoms with Gasteiger partial charge in [0.25, 0.3) is 0 Å². The smallest absolute Gasteiger partial charge is 0.119 e. The minimum absolute atomic E-state index is 0.0609. The van der Waals surface area contributed by atoms with Gasteiger partial charge >= 0.3 is 0 Å². The van der Waals surface area contributed by atoms with Gasteiger partial charge in [0.2, 0.25) is 0 Å². The molecule has 0 amide bonds. The first kappa shape index (κ1) is 19.7. The Kier molecular flexibility index (Phi) is 4.39. The Morgan fingerprint density at radius 1 is 0.909 bits per heavy atom. The SMILES string of the molecule is ClC1C=C2C(=CC1)OC1C2C=CCC1C1(c2ccccc2)C2=CC=CCC2c2ccccc21. The second kappa shape index (κ2) is 7.37. The van der Waals surface area contributed by atoms with E-state index < -0.39 is 0 Å². The Labute approximate surface area is 200 Å². The van der Waals surface area contributed by atoms with Crippen LogP contribution in [0.1, 0.15) is 41.9 Å². The molecule has 0 aromatic heterocycles. The summed E-state index contributed by atoms with van der Waals surface area (Å²) in [5, 5.41) is 0.0609. The molecular weight excluding hydrogens is 424 g/mol. The van der Waals surface area contributed by atoms with Crippen molar-refractivity contribution in [2.45, 2.75) is 42.1 Å². The molecule has 1 aliphatic heterocycles. The van der Waals surface area contributed by atoms with Gasteiger partial charge in [-0.25, -0.2) is 0 Å². The Bertz CT molecular complexity index is 1260. The van der Waals surface area contributed by atoms with Crippen molar-refractivity contribution in [2.75, 3.05) is 0 Å². The minimum Gasteiger partial charge on any atom is -0.489 e. The van der Waals surface area contributed by atoms with Gasteiger partial charge in [0.15, 0.2) is 0 Å². The van der Waals surface area contributed by atoms with Crippen molar-refractivity contribution < 1.29 is 4.74 Å². The molecule has 1 nitrogen and oxygen atoms in total. The highest BCUT2D eigenvalue weighted by molar-refractivity contribution is 6.22. The highest BCUT2D eigenvalue weighted by Gasteiger charge is 2.58. The predicted octanol–water partition coefficient (Wildman–Crippen LogP) is 7.37. The number of fused-ring (bicyclic) bond motifs is 6. The van der Waals surface area contributed by atoms with E-state index in [2.05, 4.69) is 97.1 Å². The average Bonchev–Trinajstić information content (AvgIpc) is 3.38. The van der Waals surface area contributed by atoms with E-state index in [9.17, 15) is 0 Å². The molecule has 2 aromatic carbocycles. The molecule has 33 heavy (non-hydrogen) atoms. The molecule has 0 bridgehead atoms. The Morgan fingerprint density at radius 2 is 1.76 bits per heavy atom. The summed E-state index contributed by atoms with van der Waals surface area (Å²) in [6.07, 6.45) is 19.2. The van der Waals surface area contributed by atoms with E-state index in [1.54, 1.807) is 0 Å². The largest absolute Gasteiger partial charge is 0.489 e. The zero-order valence-corrected chi connectivity index (χ0v) is 19.3. The number of rotatable bonds is 2. The van der Waals surface area contributed by atoms with Gasteiger partial charge in [0, 0.05) is 28.7 Å². The fraction of sp³-hybridized carbons (Fsp3) is 0.290. The summed E-state index contributed by atoms with van der Waals surface area (Å²) in [7, 11) is 0. The van der Waals surface area contributed by atoms with Gasteiger partial charge in [0.05, 0.1) is 5.38 Å². The number of ether oxygens (including phenoxy) is 1. The van der Waals surface area contributed by atoms with Crippen LogP contribution in [0.15, 0.2) is 114 Å². The standard InChI is InChI=1S/C31H27ClO/c32-21-17-18-29-25(19-21)24-13-8-16-28(30(24)33-29)31(20-9-2-1-3-10-20)26-14-6-4-11-22(26)23-12-5-7-15-27(23)31/h1-11,13-15,18-19,21,23-24,28,30H,12,16-17H2. The van der Waals surface area contributed by atoms with Gasteiger partial charge in [-0.1, -0.05) is 91.1 Å². The van der Waals surface area contributed by atoms with Crippen LogP contribution < -0.4 is 0 Å². The van der Waals surface area contributed by atoms with Gasteiger partial charge in [-0.3, -0.25) is 0 Å². The second-order valence-corrected chi connectivity index (χ2v) is 10.5. The summed E-state index contributed by atoms with van der Waals surface area (Å²) in [4.78, 5) is 0. The summed E-state index contributed by atoms with van der Waals surface area (Å²) < 4.78 is 6.82. The molecule has 6 unspecified atom stereocenters. The number of hydrogen-bond donors (Lipinski definition) is 0. The lowest BCUT2D eigenvalue weighted by Gasteiger charge is -2.46. The third-order valence-corrected chi connectivity index (χ3v) is 8.74. The molecule has 1 saturated heterocycles. The maximum atomic E-state index is 6.82. The van der Waals surface area contributed by atoms with Gasteiger partial charge < -0.3 is 4.74 Å². The maximum absolute atomic E-state index is 6.82. The molecule has 6 atom stereocenters. The molecule has 1 fully saturated rings. The van der Waals surface area contributed by atoms with E-state index in [4.69, 9.17) is 16.3 Å². The van der Waals surface area contributed by atoms with Crippen molar-refractivity contribution in [2.24, 2.45) is 11.8 Å². The van der Waals surface area contributed by atoms with Crippen LogP contribution >= 0.6 is 11.6 Å². The Balaban J connectivity index is 1.48. The van der Waals surface area contributed by atoms with E-state index in [0.29, 0.717) is 11.8 Å². The lowest BCUT2D eigenvalue weighted by Crippen LogP contribution is -2.46. The van der Waals surface area contributed by atoms with Crippen molar-refractivity contribution >= 4 is 11.6 Å². The highest BCUT2D eigenvalue weighted by atomic mass is 35.5. The number of alkyl halides is 1.